The second kappa shape index (κ2) is 7.03. The Hall–Kier alpha value is -1.71. The highest BCUT2D eigenvalue weighted by Gasteiger charge is 2.15. The standard InChI is InChI=1S/C13H13NO5S3/c1-20-19-11-5-3-7-13(9-11)22(17,18)14-10-4-2-6-12(8-10)21(15)16/h2-9,14,21H,1H3. The van der Waals surface area contributed by atoms with E-state index in [1.54, 1.807) is 18.4 Å². The molecule has 6 nitrogen and oxygen atoms in total. The maximum Gasteiger partial charge on any atom is 0.262 e. The Morgan fingerprint density at radius 3 is 2.50 bits per heavy atom. The lowest BCUT2D eigenvalue weighted by Crippen LogP contribution is -2.13. The molecule has 0 spiro atoms. The third-order valence-corrected chi connectivity index (χ3v) is 5.04. The molecule has 0 unspecified atom stereocenters. The minimum absolute atomic E-state index is 0.0240. The van der Waals surface area contributed by atoms with Gasteiger partial charge in [-0.25, -0.2) is 16.8 Å². The molecule has 0 radical (unpaired) electrons. The first-order valence-electron chi connectivity index (χ1n) is 6.00. The van der Waals surface area contributed by atoms with Crippen molar-refractivity contribution >= 4 is 38.5 Å². The van der Waals surface area contributed by atoms with E-state index in [-0.39, 0.29) is 15.5 Å². The fourth-order valence-corrected chi connectivity index (χ4v) is 3.52. The molecule has 0 atom stereocenters. The number of sulfonamides is 1. The zero-order valence-corrected chi connectivity index (χ0v) is 14.0. The third-order valence-electron chi connectivity index (χ3n) is 2.60. The Labute approximate surface area is 134 Å². The lowest BCUT2D eigenvalue weighted by atomic mass is 10.3. The molecule has 22 heavy (non-hydrogen) atoms. The molecule has 2 rings (SSSR count). The number of benzene rings is 2. The predicted octanol–water partition coefficient (Wildman–Crippen LogP) is 2.11. The summed E-state index contributed by atoms with van der Waals surface area (Å²) in [4.78, 5) is 0.0608. The Bertz CT molecular complexity index is 838. The van der Waals surface area contributed by atoms with Crippen LogP contribution >= 0.6 is 12.0 Å². The van der Waals surface area contributed by atoms with E-state index < -0.39 is 20.7 Å². The normalized spacial score (nSPS) is 11.4. The van der Waals surface area contributed by atoms with E-state index in [0.717, 1.165) is 12.0 Å². The van der Waals surface area contributed by atoms with E-state index in [1.165, 1.54) is 36.4 Å². The number of thiol groups is 1. The summed E-state index contributed by atoms with van der Waals surface area (Å²) in [6, 6.07) is 11.6. The minimum Gasteiger partial charge on any atom is -0.426 e. The summed E-state index contributed by atoms with van der Waals surface area (Å²) in [5.74, 6) is 0.409. The van der Waals surface area contributed by atoms with Gasteiger partial charge in [-0.2, -0.15) is 0 Å². The van der Waals surface area contributed by atoms with Gasteiger partial charge in [0, 0.05) is 12.3 Å². The average Bonchev–Trinajstić information content (AvgIpc) is 2.48. The quantitative estimate of drug-likeness (QED) is 0.607. The van der Waals surface area contributed by atoms with E-state index in [9.17, 15) is 16.8 Å². The predicted molar refractivity (Wildman–Crippen MR) is 86.4 cm³/mol. The molecule has 0 aliphatic rings. The van der Waals surface area contributed by atoms with Crippen LogP contribution in [-0.4, -0.2) is 23.1 Å². The summed E-state index contributed by atoms with van der Waals surface area (Å²) in [5, 5.41) is 0. The molecule has 0 heterocycles. The van der Waals surface area contributed by atoms with E-state index in [1.807, 2.05) is 0 Å². The van der Waals surface area contributed by atoms with Gasteiger partial charge < -0.3 is 4.18 Å². The number of hydrogen-bond donors (Lipinski definition) is 2. The number of anilines is 1. The van der Waals surface area contributed by atoms with Gasteiger partial charge in [-0.15, -0.1) is 0 Å². The molecule has 0 amide bonds. The molecule has 0 saturated heterocycles. The monoisotopic (exact) mass is 359 g/mol. The SMILES string of the molecule is CSOc1cccc(S(=O)(=O)Nc2cccc([SH](=O)=O)c2)c1. The van der Waals surface area contributed by atoms with Gasteiger partial charge in [0.2, 0.25) is 0 Å². The highest BCUT2D eigenvalue weighted by atomic mass is 32.2. The zero-order valence-electron chi connectivity index (χ0n) is 11.4. The van der Waals surface area contributed by atoms with Crippen molar-refractivity contribution in [2.45, 2.75) is 9.79 Å². The summed E-state index contributed by atoms with van der Waals surface area (Å²) in [5.41, 5.74) is 0.174. The van der Waals surface area contributed by atoms with E-state index >= 15 is 0 Å². The molecular formula is C13H13NO5S3. The highest BCUT2D eigenvalue weighted by molar-refractivity contribution is 7.94. The maximum absolute atomic E-state index is 12.3. The molecule has 0 saturated carbocycles. The van der Waals surface area contributed by atoms with Crippen LogP contribution in [0.3, 0.4) is 0 Å². The Morgan fingerprint density at radius 2 is 1.82 bits per heavy atom. The minimum atomic E-state index is -3.83. The zero-order chi connectivity index (χ0) is 16.2. The van der Waals surface area contributed by atoms with Crippen molar-refractivity contribution in [3.63, 3.8) is 0 Å². The first kappa shape index (κ1) is 16.7. The summed E-state index contributed by atoms with van der Waals surface area (Å²) >= 11 is 1.10. The van der Waals surface area contributed by atoms with Crippen LogP contribution in [0.4, 0.5) is 5.69 Å². The van der Waals surface area contributed by atoms with Crippen molar-refractivity contribution in [1.29, 1.82) is 0 Å². The fraction of sp³-hybridized carbons (Fsp3) is 0.0769. The summed E-state index contributed by atoms with van der Waals surface area (Å²) in [6.07, 6.45) is 1.72. The van der Waals surface area contributed by atoms with E-state index in [4.69, 9.17) is 4.18 Å². The lowest BCUT2D eigenvalue weighted by molar-refractivity contribution is 0.598. The summed E-state index contributed by atoms with van der Waals surface area (Å²) < 4.78 is 54.1. The van der Waals surface area contributed by atoms with Crippen molar-refractivity contribution in [3.8, 4) is 5.75 Å². The Kier molecular flexibility index (Phi) is 5.33. The van der Waals surface area contributed by atoms with Crippen LogP contribution in [0.25, 0.3) is 0 Å². The van der Waals surface area contributed by atoms with Crippen LogP contribution in [-0.2, 0) is 20.7 Å². The Balaban J connectivity index is 2.31. The van der Waals surface area contributed by atoms with Crippen LogP contribution < -0.4 is 8.91 Å². The topological polar surface area (TPSA) is 89.5 Å². The summed E-state index contributed by atoms with van der Waals surface area (Å²) in [6.45, 7) is 0. The molecule has 0 aliphatic carbocycles. The van der Waals surface area contributed by atoms with Crippen LogP contribution in [0, 0.1) is 0 Å². The molecule has 0 aliphatic heterocycles. The maximum atomic E-state index is 12.3. The molecule has 0 bridgehead atoms. The number of hydrogen-bond acceptors (Lipinski definition) is 6. The molecule has 0 aromatic heterocycles. The fourth-order valence-electron chi connectivity index (χ4n) is 1.69. The van der Waals surface area contributed by atoms with Crippen LogP contribution in [0.15, 0.2) is 58.3 Å². The second-order valence-corrected chi connectivity index (χ2v) is 7.35. The summed E-state index contributed by atoms with van der Waals surface area (Å²) in [7, 11) is -6.61. The number of nitrogens with one attached hydrogen (secondary N) is 1. The van der Waals surface area contributed by atoms with Gasteiger partial charge in [-0.3, -0.25) is 4.72 Å². The Morgan fingerprint density at radius 1 is 1.09 bits per heavy atom. The van der Waals surface area contributed by atoms with Crippen LogP contribution in [0.1, 0.15) is 0 Å². The van der Waals surface area contributed by atoms with Gasteiger partial charge in [0.05, 0.1) is 27.5 Å². The van der Waals surface area contributed by atoms with Gasteiger partial charge in [-0.05, 0) is 30.3 Å². The first-order valence-corrected chi connectivity index (χ1v) is 9.81. The van der Waals surface area contributed by atoms with Gasteiger partial charge >= 0.3 is 0 Å². The lowest BCUT2D eigenvalue weighted by Gasteiger charge is -2.09. The van der Waals surface area contributed by atoms with Gasteiger partial charge in [0.1, 0.15) is 5.75 Å². The molecule has 0 fully saturated rings. The van der Waals surface area contributed by atoms with Crippen LogP contribution in [0.5, 0.6) is 5.75 Å². The average molecular weight is 359 g/mol. The molecule has 2 aromatic carbocycles. The third kappa shape index (κ3) is 4.15. The second-order valence-electron chi connectivity index (χ2n) is 4.14. The van der Waals surface area contributed by atoms with Gasteiger partial charge in [-0.1, -0.05) is 12.1 Å². The van der Waals surface area contributed by atoms with E-state index in [0.29, 0.717) is 5.75 Å². The smallest absolute Gasteiger partial charge is 0.262 e. The van der Waals surface area contributed by atoms with Crippen molar-refractivity contribution in [2.75, 3.05) is 11.0 Å². The van der Waals surface area contributed by atoms with E-state index in [2.05, 4.69) is 4.72 Å². The number of rotatable bonds is 6. The van der Waals surface area contributed by atoms with Crippen molar-refractivity contribution < 1.29 is 21.0 Å². The van der Waals surface area contributed by atoms with Crippen molar-refractivity contribution in [2.24, 2.45) is 0 Å². The van der Waals surface area contributed by atoms with Crippen molar-refractivity contribution in [1.82, 2.24) is 0 Å². The molecule has 118 valence electrons. The molecular weight excluding hydrogens is 346 g/mol. The largest absolute Gasteiger partial charge is 0.426 e. The van der Waals surface area contributed by atoms with Crippen LogP contribution in [0.2, 0.25) is 0 Å². The molecule has 2 aromatic rings. The van der Waals surface area contributed by atoms with Gasteiger partial charge in [0.25, 0.3) is 10.0 Å². The highest BCUT2D eigenvalue weighted by Crippen LogP contribution is 2.22. The molecule has 9 heteroatoms. The molecule has 1 N–H and O–H groups in total. The van der Waals surface area contributed by atoms with Gasteiger partial charge in [0.15, 0.2) is 10.7 Å². The van der Waals surface area contributed by atoms with Crippen molar-refractivity contribution in [3.05, 3.63) is 48.5 Å². The first-order chi connectivity index (χ1) is 10.4.